The molecule has 1 aliphatic rings. The van der Waals surface area contributed by atoms with Crippen molar-refractivity contribution >= 4 is 23.3 Å². The van der Waals surface area contributed by atoms with E-state index in [1.165, 1.54) is 28.4 Å². The first-order valence-corrected chi connectivity index (χ1v) is 9.13. The summed E-state index contributed by atoms with van der Waals surface area (Å²) < 4.78 is 18.5. The lowest BCUT2D eigenvalue weighted by Gasteiger charge is -2.35. The lowest BCUT2D eigenvalue weighted by Crippen LogP contribution is -2.47. The Morgan fingerprint density at radius 2 is 2.04 bits per heavy atom. The molecule has 0 fully saturated rings. The molecule has 0 saturated carbocycles. The summed E-state index contributed by atoms with van der Waals surface area (Å²) in [7, 11) is 0. The fraction of sp³-hybridized carbons (Fsp3) is 0.263. The van der Waals surface area contributed by atoms with E-state index in [0.717, 1.165) is 4.88 Å². The van der Waals surface area contributed by atoms with Crippen LogP contribution in [0.1, 0.15) is 30.3 Å². The van der Waals surface area contributed by atoms with Gasteiger partial charge in [-0.1, -0.05) is 18.2 Å². The maximum Gasteiger partial charge on any atom is 0.338 e. The van der Waals surface area contributed by atoms with Crippen LogP contribution in [0, 0.1) is 5.82 Å². The molecular weight excluding hydrogens is 355 g/mol. The molecule has 2 heterocycles. The summed E-state index contributed by atoms with van der Waals surface area (Å²) in [6.07, 6.45) is 0. The minimum absolute atomic E-state index is 0.227. The Hall–Kier alpha value is -2.67. The molecule has 1 aromatic carbocycles. The molecule has 0 bridgehead atoms. The van der Waals surface area contributed by atoms with Crippen molar-refractivity contribution in [3.05, 3.63) is 69.3 Å². The Labute approximate surface area is 155 Å². The van der Waals surface area contributed by atoms with Crippen LogP contribution in [0.25, 0.3) is 0 Å². The number of nitrogens with zero attached hydrogens (tertiary/aromatic N) is 1. The highest BCUT2D eigenvalue weighted by atomic mass is 32.1. The van der Waals surface area contributed by atoms with E-state index < -0.39 is 12.0 Å². The molecule has 5 nitrogen and oxygen atoms in total. The second-order valence-electron chi connectivity index (χ2n) is 5.82. The quantitative estimate of drug-likeness (QED) is 0.805. The van der Waals surface area contributed by atoms with Crippen LogP contribution >= 0.6 is 11.3 Å². The summed E-state index contributed by atoms with van der Waals surface area (Å²) in [6.45, 7) is 4.06. The molecule has 1 unspecified atom stereocenters. The first kappa shape index (κ1) is 18.1. The van der Waals surface area contributed by atoms with Gasteiger partial charge in [-0.3, -0.25) is 4.90 Å². The highest BCUT2D eigenvalue weighted by Gasteiger charge is 2.36. The van der Waals surface area contributed by atoms with Crippen LogP contribution in [0.15, 0.2) is 53.0 Å². The standard InChI is InChI=1S/C19H19FN2O3S/c1-3-25-18(23)16-12(2)22(11-15-5-4-10-26-15)19(24)21-17(16)13-6-8-14(20)9-7-13/h4-10,17H,3,11H2,1-2H3,(H,21,24). The lowest BCUT2D eigenvalue weighted by molar-refractivity contribution is -0.139. The molecule has 3 rings (SSSR count). The van der Waals surface area contributed by atoms with E-state index in [-0.39, 0.29) is 18.5 Å². The third-order valence-electron chi connectivity index (χ3n) is 4.19. The first-order valence-electron chi connectivity index (χ1n) is 8.25. The average molecular weight is 374 g/mol. The van der Waals surface area contributed by atoms with Crippen molar-refractivity contribution in [2.45, 2.75) is 26.4 Å². The van der Waals surface area contributed by atoms with Gasteiger partial charge in [0.15, 0.2) is 0 Å². The van der Waals surface area contributed by atoms with Gasteiger partial charge in [-0.05, 0) is 43.0 Å². The minimum atomic E-state index is -0.679. The highest BCUT2D eigenvalue weighted by molar-refractivity contribution is 7.09. The van der Waals surface area contributed by atoms with Crippen molar-refractivity contribution in [1.82, 2.24) is 10.2 Å². The maximum atomic E-state index is 13.3. The monoisotopic (exact) mass is 374 g/mol. The highest BCUT2D eigenvalue weighted by Crippen LogP contribution is 2.32. The van der Waals surface area contributed by atoms with Crippen molar-refractivity contribution in [3.8, 4) is 0 Å². The van der Waals surface area contributed by atoms with Crippen molar-refractivity contribution in [1.29, 1.82) is 0 Å². The van der Waals surface area contributed by atoms with Crippen LogP contribution in [0.3, 0.4) is 0 Å². The number of carbonyl (C=O) groups is 2. The van der Waals surface area contributed by atoms with E-state index in [9.17, 15) is 14.0 Å². The Balaban J connectivity index is 2.02. The summed E-state index contributed by atoms with van der Waals surface area (Å²) in [4.78, 5) is 27.8. The second kappa shape index (κ2) is 7.70. The Morgan fingerprint density at radius 1 is 1.31 bits per heavy atom. The molecule has 1 atom stereocenters. The van der Waals surface area contributed by atoms with Crippen molar-refractivity contribution in [2.24, 2.45) is 0 Å². The SMILES string of the molecule is CCOC(=O)C1=C(C)N(Cc2cccs2)C(=O)NC1c1ccc(F)cc1. The topological polar surface area (TPSA) is 58.6 Å². The predicted molar refractivity (Wildman–Crippen MR) is 96.9 cm³/mol. The van der Waals surface area contributed by atoms with Crippen LogP contribution in [0.4, 0.5) is 9.18 Å². The molecule has 7 heteroatoms. The number of benzene rings is 1. The fourth-order valence-electron chi connectivity index (χ4n) is 2.91. The number of hydrogen-bond donors (Lipinski definition) is 1. The Bertz CT molecular complexity index is 831. The Morgan fingerprint density at radius 3 is 2.65 bits per heavy atom. The van der Waals surface area contributed by atoms with Crippen molar-refractivity contribution < 1.29 is 18.7 Å². The van der Waals surface area contributed by atoms with Gasteiger partial charge >= 0.3 is 12.0 Å². The number of rotatable bonds is 5. The number of carbonyl (C=O) groups excluding carboxylic acids is 2. The van der Waals surface area contributed by atoms with Crippen LogP contribution in [-0.4, -0.2) is 23.5 Å². The molecule has 2 aromatic rings. The van der Waals surface area contributed by atoms with Crippen molar-refractivity contribution in [2.75, 3.05) is 6.61 Å². The van der Waals surface area contributed by atoms with Crippen LogP contribution in [-0.2, 0) is 16.1 Å². The molecule has 136 valence electrons. The van der Waals surface area contributed by atoms with Gasteiger partial charge in [0.05, 0.1) is 24.8 Å². The largest absolute Gasteiger partial charge is 0.463 e. The molecule has 2 amide bonds. The summed E-state index contributed by atoms with van der Waals surface area (Å²) in [6, 6.07) is 8.58. The molecular formula is C19H19FN2O3S. The van der Waals surface area contributed by atoms with Gasteiger partial charge in [-0.15, -0.1) is 11.3 Å². The van der Waals surface area contributed by atoms with Gasteiger partial charge in [0.2, 0.25) is 0 Å². The van der Waals surface area contributed by atoms with E-state index >= 15 is 0 Å². The van der Waals surface area contributed by atoms with Gasteiger partial charge in [0.1, 0.15) is 5.82 Å². The zero-order valence-electron chi connectivity index (χ0n) is 14.5. The number of thiophene rings is 1. The molecule has 26 heavy (non-hydrogen) atoms. The van der Waals surface area contributed by atoms with E-state index in [1.807, 2.05) is 17.5 Å². The number of esters is 1. The number of amides is 2. The minimum Gasteiger partial charge on any atom is -0.463 e. The van der Waals surface area contributed by atoms with Crippen LogP contribution in [0.5, 0.6) is 0 Å². The number of urea groups is 1. The third-order valence-corrected chi connectivity index (χ3v) is 5.05. The molecule has 1 aromatic heterocycles. The molecule has 0 spiro atoms. The number of halogens is 1. The summed E-state index contributed by atoms with van der Waals surface area (Å²) in [5, 5.41) is 4.78. The number of ether oxygens (including phenoxy) is 1. The maximum absolute atomic E-state index is 13.3. The zero-order valence-corrected chi connectivity index (χ0v) is 15.3. The molecule has 1 aliphatic heterocycles. The summed E-state index contributed by atoms with van der Waals surface area (Å²) in [5.74, 6) is -0.871. The summed E-state index contributed by atoms with van der Waals surface area (Å²) in [5.41, 5.74) is 1.52. The number of hydrogen-bond acceptors (Lipinski definition) is 4. The normalized spacial score (nSPS) is 17.3. The lowest BCUT2D eigenvalue weighted by atomic mass is 9.95. The van der Waals surface area contributed by atoms with E-state index in [2.05, 4.69) is 5.32 Å². The number of nitrogens with one attached hydrogen (secondary N) is 1. The van der Waals surface area contributed by atoms with Crippen molar-refractivity contribution in [3.63, 3.8) is 0 Å². The van der Waals surface area contributed by atoms with E-state index in [0.29, 0.717) is 23.4 Å². The molecule has 0 radical (unpaired) electrons. The first-order chi connectivity index (χ1) is 12.5. The van der Waals surface area contributed by atoms with Gasteiger partial charge < -0.3 is 10.1 Å². The molecule has 0 aliphatic carbocycles. The van der Waals surface area contributed by atoms with E-state index in [1.54, 1.807) is 26.0 Å². The van der Waals surface area contributed by atoms with Crippen LogP contribution < -0.4 is 5.32 Å². The van der Waals surface area contributed by atoms with Gasteiger partial charge in [-0.2, -0.15) is 0 Å². The molecule has 1 N–H and O–H groups in total. The van der Waals surface area contributed by atoms with Crippen LogP contribution in [0.2, 0.25) is 0 Å². The average Bonchev–Trinajstić information content (AvgIpc) is 3.12. The fourth-order valence-corrected chi connectivity index (χ4v) is 3.60. The molecule has 0 saturated heterocycles. The van der Waals surface area contributed by atoms with Gasteiger partial charge in [0.25, 0.3) is 0 Å². The zero-order chi connectivity index (χ0) is 18.7. The summed E-state index contributed by atoms with van der Waals surface area (Å²) >= 11 is 1.54. The van der Waals surface area contributed by atoms with E-state index in [4.69, 9.17) is 4.74 Å². The van der Waals surface area contributed by atoms with Gasteiger partial charge in [0, 0.05) is 10.6 Å². The smallest absolute Gasteiger partial charge is 0.338 e. The third kappa shape index (κ3) is 3.62. The Kier molecular flexibility index (Phi) is 5.37. The predicted octanol–water partition coefficient (Wildman–Crippen LogP) is 3.99. The van der Waals surface area contributed by atoms with Gasteiger partial charge in [-0.25, -0.2) is 14.0 Å². The second-order valence-corrected chi connectivity index (χ2v) is 6.85. The number of allylic oxidation sites excluding steroid dienone is 1.